The van der Waals surface area contributed by atoms with Crippen molar-refractivity contribution < 1.29 is 19.4 Å². The van der Waals surface area contributed by atoms with Crippen molar-refractivity contribution in [1.29, 1.82) is 0 Å². The summed E-state index contributed by atoms with van der Waals surface area (Å²) in [5.41, 5.74) is 4.64. The number of aliphatic hydroxyl groups excluding tert-OH is 1. The predicted molar refractivity (Wildman–Crippen MR) is 104 cm³/mol. The van der Waals surface area contributed by atoms with Gasteiger partial charge in [-0.2, -0.15) is 0 Å². The molecule has 1 aliphatic rings. The first kappa shape index (κ1) is 19.2. The van der Waals surface area contributed by atoms with Gasteiger partial charge in [0.15, 0.2) is 0 Å². The molecule has 1 aliphatic heterocycles. The minimum atomic E-state index is -0.931. The van der Waals surface area contributed by atoms with Gasteiger partial charge < -0.3 is 20.4 Å². The quantitative estimate of drug-likeness (QED) is 0.664. The molecule has 2 aromatic carbocycles. The second kappa shape index (κ2) is 8.86. The summed E-state index contributed by atoms with van der Waals surface area (Å²) >= 11 is 0. The van der Waals surface area contributed by atoms with E-state index < -0.39 is 5.97 Å². The Kier molecular flexibility index (Phi) is 6.29. The molecule has 3 rings (SSSR count). The number of carboxylic acids is 1. The van der Waals surface area contributed by atoms with Gasteiger partial charge in [0.2, 0.25) is 0 Å². The third kappa shape index (κ3) is 4.98. The number of carbonyl (C=O) groups is 1. The molecule has 0 atom stereocenters. The van der Waals surface area contributed by atoms with E-state index in [9.17, 15) is 14.3 Å². The molecule has 0 aliphatic carbocycles. The molecule has 5 nitrogen and oxygen atoms in total. The summed E-state index contributed by atoms with van der Waals surface area (Å²) in [6, 6.07) is 11.2. The lowest BCUT2D eigenvalue weighted by Crippen LogP contribution is -2.32. The van der Waals surface area contributed by atoms with Crippen molar-refractivity contribution >= 4 is 17.3 Å². The molecule has 3 N–H and O–H groups in total. The first-order valence-electron chi connectivity index (χ1n) is 9.28. The second-order valence-electron chi connectivity index (χ2n) is 6.83. The monoisotopic (exact) mass is 372 g/mol. The van der Waals surface area contributed by atoms with Gasteiger partial charge in [-0.3, -0.25) is 4.79 Å². The summed E-state index contributed by atoms with van der Waals surface area (Å²) in [5.74, 6) is -1.32. The number of hydrogen-bond donors (Lipinski definition) is 3. The number of nitrogens with one attached hydrogen (secondary N) is 1. The molecule has 27 heavy (non-hydrogen) atoms. The van der Waals surface area contributed by atoms with Crippen LogP contribution in [0.1, 0.15) is 29.5 Å². The topological polar surface area (TPSA) is 72.8 Å². The van der Waals surface area contributed by atoms with Crippen LogP contribution < -0.4 is 10.2 Å². The smallest absolute Gasteiger partial charge is 0.303 e. The molecule has 0 bridgehead atoms. The molecule has 0 unspecified atom stereocenters. The van der Waals surface area contributed by atoms with E-state index in [1.807, 2.05) is 0 Å². The minimum Gasteiger partial charge on any atom is -0.481 e. The van der Waals surface area contributed by atoms with Crippen LogP contribution in [-0.4, -0.2) is 35.9 Å². The summed E-state index contributed by atoms with van der Waals surface area (Å²) in [5, 5.41) is 21.2. The summed E-state index contributed by atoms with van der Waals surface area (Å²) < 4.78 is 14.1. The highest BCUT2D eigenvalue weighted by Gasteiger charge is 2.16. The second-order valence-corrected chi connectivity index (χ2v) is 6.83. The van der Waals surface area contributed by atoms with Crippen LogP contribution in [0.2, 0.25) is 0 Å². The van der Waals surface area contributed by atoms with Crippen molar-refractivity contribution in [2.24, 2.45) is 0 Å². The molecule has 0 saturated heterocycles. The first-order chi connectivity index (χ1) is 13.1. The van der Waals surface area contributed by atoms with Crippen LogP contribution in [0, 0.1) is 5.82 Å². The third-order valence-electron chi connectivity index (χ3n) is 4.89. The van der Waals surface area contributed by atoms with E-state index in [1.165, 1.54) is 17.3 Å². The fourth-order valence-corrected chi connectivity index (χ4v) is 3.46. The highest BCUT2D eigenvalue weighted by Crippen LogP contribution is 2.28. The number of rotatable bonds is 8. The van der Waals surface area contributed by atoms with E-state index in [0.29, 0.717) is 24.3 Å². The zero-order chi connectivity index (χ0) is 19.2. The number of aryl methyl sites for hydroxylation is 2. The number of fused-ring (bicyclic) bond motifs is 1. The SMILES string of the molecule is O=C(O)CCc1ccc(NCc2ccc3c(c2)N(CCO)CCC3)cc1F. The van der Waals surface area contributed by atoms with Gasteiger partial charge in [-0.05, 0) is 54.2 Å². The van der Waals surface area contributed by atoms with Gasteiger partial charge in [0.05, 0.1) is 6.61 Å². The van der Waals surface area contributed by atoms with E-state index in [0.717, 1.165) is 24.9 Å². The lowest BCUT2D eigenvalue weighted by atomic mass is 9.99. The Morgan fingerprint density at radius 3 is 2.81 bits per heavy atom. The van der Waals surface area contributed by atoms with Gasteiger partial charge in [-0.25, -0.2) is 4.39 Å². The van der Waals surface area contributed by atoms with Crippen LogP contribution in [-0.2, 0) is 24.2 Å². The van der Waals surface area contributed by atoms with Gasteiger partial charge in [-0.15, -0.1) is 0 Å². The van der Waals surface area contributed by atoms with Crippen LogP contribution in [0.5, 0.6) is 0 Å². The highest BCUT2D eigenvalue weighted by atomic mass is 19.1. The van der Waals surface area contributed by atoms with E-state index in [4.69, 9.17) is 5.11 Å². The molecular weight excluding hydrogens is 347 g/mol. The van der Waals surface area contributed by atoms with E-state index in [1.54, 1.807) is 12.1 Å². The predicted octanol–water partition coefficient (Wildman–Crippen LogP) is 3.20. The normalized spacial score (nSPS) is 13.3. The van der Waals surface area contributed by atoms with E-state index in [-0.39, 0.29) is 25.3 Å². The number of aliphatic hydroxyl groups is 1. The molecule has 0 aromatic heterocycles. The maximum absolute atomic E-state index is 14.1. The van der Waals surface area contributed by atoms with Gasteiger partial charge in [0.1, 0.15) is 5.82 Å². The number of benzene rings is 2. The molecule has 0 amide bonds. The molecule has 0 radical (unpaired) electrons. The number of nitrogens with zero attached hydrogens (tertiary/aromatic N) is 1. The fourth-order valence-electron chi connectivity index (χ4n) is 3.46. The van der Waals surface area contributed by atoms with Crippen molar-refractivity contribution in [3.8, 4) is 0 Å². The van der Waals surface area contributed by atoms with Gasteiger partial charge >= 0.3 is 5.97 Å². The molecule has 2 aromatic rings. The zero-order valence-corrected chi connectivity index (χ0v) is 15.2. The third-order valence-corrected chi connectivity index (χ3v) is 4.89. The molecule has 1 heterocycles. The first-order valence-corrected chi connectivity index (χ1v) is 9.28. The van der Waals surface area contributed by atoms with E-state index in [2.05, 4.69) is 28.4 Å². The molecule has 0 spiro atoms. The summed E-state index contributed by atoms with van der Waals surface area (Å²) in [7, 11) is 0. The van der Waals surface area contributed by atoms with Gasteiger partial charge in [0, 0.05) is 37.4 Å². The van der Waals surface area contributed by atoms with Crippen molar-refractivity contribution in [2.75, 3.05) is 29.9 Å². The molecular formula is C21H25FN2O3. The largest absolute Gasteiger partial charge is 0.481 e. The Morgan fingerprint density at radius 1 is 1.22 bits per heavy atom. The van der Waals surface area contributed by atoms with Crippen molar-refractivity contribution in [1.82, 2.24) is 0 Å². The highest BCUT2D eigenvalue weighted by molar-refractivity contribution is 5.67. The summed E-state index contributed by atoms with van der Waals surface area (Å²) in [6.07, 6.45) is 2.25. The van der Waals surface area contributed by atoms with Gasteiger partial charge in [0.25, 0.3) is 0 Å². The average molecular weight is 372 g/mol. The number of hydrogen-bond acceptors (Lipinski definition) is 4. The lowest BCUT2D eigenvalue weighted by molar-refractivity contribution is -0.136. The molecule has 144 valence electrons. The molecule has 0 saturated carbocycles. The van der Waals surface area contributed by atoms with Crippen molar-refractivity contribution in [3.05, 3.63) is 58.9 Å². The van der Waals surface area contributed by atoms with E-state index >= 15 is 0 Å². The number of aliphatic carboxylic acids is 1. The van der Waals surface area contributed by atoms with Crippen LogP contribution >= 0.6 is 0 Å². The Balaban J connectivity index is 1.65. The van der Waals surface area contributed by atoms with Crippen LogP contribution in [0.3, 0.4) is 0 Å². The fraction of sp³-hybridized carbons (Fsp3) is 0.381. The standard InChI is InChI=1S/C21H25FN2O3/c22-19-13-18(7-5-16(19)6-8-21(26)27)23-14-15-3-4-17-2-1-9-24(10-11-25)20(17)12-15/h3-5,7,12-13,23,25H,1-2,6,8-11,14H2,(H,26,27). The Hall–Kier alpha value is -2.60. The van der Waals surface area contributed by atoms with Crippen LogP contribution in [0.4, 0.5) is 15.8 Å². The minimum absolute atomic E-state index is 0.0802. The lowest BCUT2D eigenvalue weighted by Gasteiger charge is -2.31. The van der Waals surface area contributed by atoms with Crippen molar-refractivity contribution in [2.45, 2.75) is 32.2 Å². The van der Waals surface area contributed by atoms with Crippen molar-refractivity contribution in [3.63, 3.8) is 0 Å². The Labute approximate surface area is 158 Å². The Bertz CT molecular complexity index is 810. The van der Waals surface area contributed by atoms with Crippen LogP contribution in [0.15, 0.2) is 36.4 Å². The maximum atomic E-state index is 14.1. The number of anilines is 2. The zero-order valence-electron chi connectivity index (χ0n) is 15.2. The molecule has 0 fully saturated rings. The van der Waals surface area contributed by atoms with Crippen LogP contribution in [0.25, 0.3) is 0 Å². The number of halogens is 1. The maximum Gasteiger partial charge on any atom is 0.303 e. The van der Waals surface area contributed by atoms with Gasteiger partial charge in [-0.1, -0.05) is 18.2 Å². The Morgan fingerprint density at radius 2 is 2.07 bits per heavy atom. The number of β-amino-alcohol motifs (C(OH)–C–C–N with tert-alkyl or cyclic N) is 1. The average Bonchev–Trinajstić information content (AvgIpc) is 2.66. The summed E-state index contributed by atoms with van der Waals surface area (Å²) in [6.45, 7) is 2.28. The number of carboxylic acid groups (broad SMARTS) is 1. The molecule has 6 heteroatoms. The summed E-state index contributed by atoms with van der Waals surface area (Å²) in [4.78, 5) is 12.8.